The fourth-order valence-electron chi connectivity index (χ4n) is 0.678. The van der Waals surface area contributed by atoms with Crippen molar-refractivity contribution in [3.63, 3.8) is 0 Å². The Kier molecular flexibility index (Phi) is 6.00. The molecule has 70 valence electrons. The predicted octanol–water partition coefficient (Wildman–Crippen LogP) is -0.420. The molecule has 0 radical (unpaired) electrons. The number of amides is 2. The second-order valence-electron chi connectivity index (χ2n) is 2.32. The smallest absolute Gasteiger partial charge is 0.243 e. The van der Waals surface area contributed by atoms with Crippen LogP contribution >= 0.6 is 0 Å². The van der Waals surface area contributed by atoms with E-state index in [1.54, 1.807) is 0 Å². The van der Waals surface area contributed by atoms with Gasteiger partial charge in [-0.2, -0.15) is 0 Å². The van der Waals surface area contributed by atoms with Crippen LogP contribution in [0.4, 0.5) is 0 Å². The number of carbonyl (C=O) groups excluding carboxylic acids is 2. The molecule has 12 heavy (non-hydrogen) atoms. The minimum Gasteiger partial charge on any atom is -0.356 e. The van der Waals surface area contributed by atoms with E-state index in [0.29, 0.717) is 19.4 Å². The van der Waals surface area contributed by atoms with Crippen molar-refractivity contribution in [3.05, 3.63) is 0 Å². The topological polar surface area (TPSA) is 67.4 Å². The first-order valence-electron chi connectivity index (χ1n) is 3.73. The van der Waals surface area contributed by atoms with Gasteiger partial charge in [-0.25, -0.2) is 5.48 Å². The van der Waals surface area contributed by atoms with Crippen LogP contribution in [0.2, 0.25) is 0 Å². The van der Waals surface area contributed by atoms with Gasteiger partial charge in [-0.05, 0) is 6.42 Å². The number of hydrogen-bond acceptors (Lipinski definition) is 3. The summed E-state index contributed by atoms with van der Waals surface area (Å²) in [5.41, 5.74) is 2.18. The third kappa shape index (κ3) is 7.01. The number of hydroxylamine groups is 1. The molecule has 5 heteroatoms. The molecule has 0 saturated heterocycles. The fraction of sp³-hybridized carbons (Fsp3) is 0.714. The van der Waals surface area contributed by atoms with Crippen molar-refractivity contribution < 1.29 is 14.4 Å². The van der Waals surface area contributed by atoms with Gasteiger partial charge in [0, 0.05) is 19.9 Å². The Hall–Kier alpha value is -1.10. The Morgan fingerprint density at radius 1 is 1.42 bits per heavy atom. The normalized spacial score (nSPS) is 9.17. The Morgan fingerprint density at radius 3 is 2.58 bits per heavy atom. The first-order valence-corrected chi connectivity index (χ1v) is 3.73. The van der Waals surface area contributed by atoms with E-state index in [9.17, 15) is 9.59 Å². The Balaban J connectivity index is 3.19. The quantitative estimate of drug-likeness (QED) is 0.439. The minimum atomic E-state index is -0.178. The van der Waals surface area contributed by atoms with Crippen molar-refractivity contribution in [1.82, 2.24) is 10.8 Å². The zero-order valence-electron chi connectivity index (χ0n) is 7.35. The van der Waals surface area contributed by atoms with Gasteiger partial charge >= 0.3 is 0 Å². The van der Waals surface area contributed by atoms with Gasteiger partial charge in [0.15, 0.2) is 0 Å². The van der Waals surface area contributed by atoms with E-state index in [0.717, 1.165) is 0 Å². The van der Waals surface area contributed by atoms with Gasteiger partial charge in [-0.1, -0.05) is 0 Å². The molecule has 0 aliphatic rings. The zero-order valence-corrected chi connectivity index (χ0v) is 7.35. The van der Waals surface area contributed by atoms with Crippen LogP contribution in [0.15, 0.2) is 0 Å². The molecule has 0 aliphatic heterocycles. The molecule has 0 heterocycles. The molecule has 0 unspecified atom stereocenters. The summed E-state index contributed by atoms with van der Waals surface area (Å²) in [7, 11) is 1.38. The summed E-state index contributed by atoms with van der Waals surface area (Å²) in [4.78, 5) is 25.5. The highest BCUT2D eigenvalue weighted by Crippen LogP contribution is 1.86. The molecule has 0 saturated carbocycles. The number of nitrogens with one attached hydrogen (secondary N) is 2. The van der Waals surface area contributed by atoms with Crippen LogP contribution in [-0.2, 0) is 14.4 Å². The standard InChI is InChI=1S/C7H14N2O3/c1-6(10)8-5-3-4-7(11)9-12-2/h3-5H2,1-2H3,(H,8,10)(H,9,11). The summed E-state index contributed by atoms with van der Waals surface area (Å²) in [5.74, 6) is -0.259. The Bertz CT molecular complexity index is 159. The summed E-state index contributed by atoms with van der Waals surface area (Å²) >= 11 is 0. The molecule has 0 bridgehead atoms. The predicted molar refractivity (Wildman–Crippen MR) is 43.1 cm³/mol. The molecule has 0 fully saturated rings. The molecule has 0 spiro atoms. The van der Waals surface area contributed by atoms with E-state index in [4.69, 9.17) is 0 Å². The molecule has 2 N–H and O–H groups in total. The lowest BCUT2D eigenvalue weighted by atomic mass is 10.3. The molecule has 0 aromatic carbocycles. The van der Waals surface area contributed by atoms with Crippen molar-refractivity contribution >= 4 is 11.8 Å². The van der Waals surface area contributed by atoms with E-state index in [1.807, 2.05) is 0 Å². The van der Waals surface area contributed by atoms with E-state index in [2.05, 4.69) is 15.6 Å². The van der Waals surface area contributed by atoms with Crippen molar-refractivity contribution in [2.75, 3.05) is 13.7 Å². The highest BCUT2D eigenvalue weighted by Gasteiger charge is 1.98. The highest BCUT2D eigenvalue weighted by molar-refractivity contribution is 5.75. The fourth-order valence-corrected chi connectivity index (χ4v) is 0.678. The maximum Gasteiger partial charge on any atom is 0.243 e. The van der Waals surface area contributed by atoms with Gasteiger partial charge in [-0.3, -0.25) is 14.4 Å². The van der Waals surface area contributed by atoms with Crippen molar-refractivity contribution in [3.8, 4) is 0 Å². The van der Waals surface area contributed by atoms with Crippen LogP contribution in [0.5, 0.6) is 0 Å². The summed E-state index contributed by atoms with van der Waals surface area (Å²) in [5, 5.41) is 2.58. The Morgan fingerprint density at radius 2 is 2.08 bits per heavy atom. The molecule has 0 aromatic rings. The lowest BCUT2D eigenvalue weighted by Crippen LogP contribution is -2.25. The third-order valence-corrected chi connectivity index (χ3v) is 1.17. The van der Waals surface area contributed by atoms with Crippen molar-refractivity contribution in [2.45, 2.75) is 19.8 Å². The lowest BCUT2D eigenvalue weighted by Gasteiger charge is -2.02. The molecule has 5 nitrogen and oxygen atoms in total. The van der Waals surface area contributed by atoms with Gasteiger partial charge in [-0.15, -0.1) is 0 Å². The second kappa shape index (κ2) is 6.60. The zero-order chi connectivity index (χ0) is 9.40. The summed E-state index contributed by atoms with van der Waals surface area (Å²) < 4.78 is 0. The highest BCUT2D eigenvalue weighted by atomic mass is 16.6. The number of hydrogen-bond donors (Lipinski definition) is 2. The first kappa shape index (κ1) is 10.9. The SMILES string of the molecule is CONC(=O)CCCNC(C)=O. The van der Waals surface area contributed by atoms with Gasteiger partial charge in [0.2, 0.25) is 11.8 Å². The average Bonchev–Trinajstić information content (AvgIpc) is 1.98. The Labute approximate surface area is 71.4 Å². The maximum absolute atomic E-state index is 10.7. The van der Waals surface area contributed by atoms with Gasteiger partial charge in [0.05, 0.1) is 7.11 Å². The van der Waals surface area contributed by atoms with Gasteiger partial charge in [0.1, 0.15) is 0 Å². The van der Waals surface area contributed by atoms with Crippen LogP contribution in [0.25, 0.3) is 0 Å². The molecule has 0 aliphatic carbocycles. The summed E-state index contributed by atoms with van der Waals surface area (Å²) in [6.45, 7) is 1.96. The maximum atomic E-state index is 10.7. The largest absolute Gasteiger partial charge is 0.356 e. The van der Waals surface area contributed by atoms with Crippen LogP contribution in [0.3, 0.4) is 0 Å². The molecule has 0 aromatic heterocycles. The molecule has 0 rings (SSSR count). The van der Waals surface area contributed by atoms with Gasteiger partial charge in [0.25, 0.3) is 0 Å². The van der Waals surface area contributed by atoms with E-state index in [-0.39, 0.29) is 11.8 Å². The summed E-state index contributed by atoms with van der Waals surface area (Å²) in [6, 6.07) is 0. The third-order valence-electron chi connectivity index (χ3n) is 1.17. The number of rotatable bonds is 5. The van der Waals surface area contributed by atoms with Crippen LogP contribution in [0, 0.1) is 0 Å². The summed E-state index contributed by atoms with van der Waals surface area (Å²) in [6.07, 6.45) is 0.975. The molecule has 0 atom stereocenters. The van der Waals surface area contributed by atoms with E-state index < -0.39 is 0 Å². The average molecular weight is 174 g/mol. The molecular formula is C7H14N2O3. The monoisotopic (exact) mass is 174 g/mol. The second-order valence-corrected chi connectivity index (χ2v) is 2.32. The van der Waals surface area contributed by atoms with E-state index >= 15 is 0 Å². The molecule has 2 amide bonds. The molecular weight excluding hydrogens is 160 g/mol. The van der Waals surface area contributed by atoms with Gasteiger partial charge < -0.3 is 5.32 Å². The number of carbonyl (C=O) groups is 2. The van der Waals surface area contributed by atoms with Crippen molar-refractivity contribution in [2.24, 2.45) is 0 Å². The van der Waals surface area contributed by atoms with Crippen LogP contribution in [-0.4, -0.2) is 25.5 Å². The minimum absolute atomic E-state index is 0.0813. The lowest BCUT2D eigenvalue weighted by molar-refractivity contribution is -0.131. The first-order chi connectivity index (χ1) is 5.66. The van der Waals surface area contributed by atoms with Crippen LogP contribution < -0.4 is 10.8 Å². The van der Waals surface area contributed by atoms with Crippen molar-refractivity contribution in [1.29, 1.82) is 0 Å². The van der Waals surface area contributed by atoms with E-state index in [1.165, 1.54) is 14.0 Å². The van der Waals surface area contributed by atoms with Crippen LogP contribution in [0.1, 0.15) is 19.8 Å².